The molecule has 0 aromatic heterocycles. The van der Waals surface area contributed by atoms with Crippen LogP contribution >= 0.6 is 0 Å². The van der Waals surface area contributed by atoms with Crippen molar-refractivity contribution in [2.24, 2.45) is 0 Å². The lowest BCUT2D eigenvalue weighted by molar-refractivity contribution is -0.146. The third-order valence-electron chi connectivity index (χ3n) is 3.63. The average Bonchev–Trinajstić information content (AvgIpc) is 2.45. The van der Waals surface area contributed by atoms with Crippen LogP contribution in [0, 0.1) is 0 Å². The molecule has 1 fully saturated rings. The van der Waals surface area contributed by atoms with Gasteiger partial charge in [0.15, 0.2) is 0 Å². The van der Waals surface area contributed by atoms with Crippen LogP contribution in [0.25, 0.3) is 6.08 Å². The van der Waals surface area contributed by atoms with Crippen molar-refractivity contribution in [3.8, 4) is 0 Å². The smallest absolute Gasteiger partial charge is 0.370 e. The zero-order valence-electron chi connectivity index (χ0n) is 12.1. The second-order valence-corrected chi connectivity index (χ2v) is 5.12. The molecule has 1 aliphatic rings. The number of nitrogens with zero attached hydrogens (tertiary/aromatic N) is 1. The van der Waals surface area contributed by atoms with E-state index >= 15 is 0 Å². The Hall–Kier alpha value is -2.08. The number of rotatable bonds is 4. The lowest BCUT2D eigenvalue weighted by Gasteiger charge is -2.46. The van der Waals surface area contributed by atoms with E-state index in [2.05, 4.69) is 6.58 Å². The minimum atomic E-state index is -4.34. The van der Waals surface area contributed by atoms with Gasteiger partial charge < -0.3 is 9.64 Å². The topological polar surface area (TPSA) is 29.5 Å². The molecule has 0 N–H and O–H groups in total. The summed E-state index contributed by atoms with van der Waals surface area (Å²) in [5, 5.41) is 0. The highest BCUT2D eigenvalue weighted by Gasteiger charge is 2.42. The molecule has 6 heteroatoms. The quantitative estimate of drug-likeness (QED) is 0.800. The maximum absolute atomic E-state index is 12.5. The number of hydrogen-bond donors (Lipinski definition) is 0. The monoisotopic (exact) mass is 311 g/mol. The van der Waals surface area contributed by atoms with Crippen molar-refractivity contribution >= 4 is 12.0 Å². The molecule has 1 aromatic carbocycles. The van der Waals surface area contributed by atoms with Gasteiger partial charge in [0.1, 0.15) is 5.60 Å². The van der Waals surface area contributed by atoms with Crippen LogP contribution in [-0.2, 0) is 15.7 Å². The molecule has 22 heavy (non-hydrogen) atoms. The predicted octanol–water partition coefficient (Wildman–Crippen LogP) is 3.13. The molecule has 2 rings (SSSR count). The van der Waals surface area contributed by atoms with Crippen LogP contribution < -0.4 is 0 Å². The Balaban J connectivity index is 2.05. The highest BCUT2D eigenvalue weighted by atomic mass is 19.4. The van der Waals surface area contributed by atoms with Crippen molar-refractivity contribution in [2.75, 3.05) is 20.2 Å². The number of alkyl halides is 3. The minimum Gasteiger partial charge on any atom is -0.370 e. The van der Waals surface area contributed by atoms with Crippen molar-refractivity contribution in [1.82, 2.24) is 4.90 Å². The highest BCUT2D eigenvalue weighted by molar-refractivity contribution is 5.88. The fraction of sp³-hybridized carbons (Fsp3) is 0.312. The summed E-state index contributed by atoms with van der Waals surface area (Å²) < 4.78 is 42.8. The molecule has 0 radical (unpaired) electrons. The maximum atomic E-state index is 12.5. The van der Waals surface area contributed by atoms with Gasteiger partial charge >= 0.3 is 6.18 Å². The zero-order valence-corrected chi connectivity index (χ0v) is 12.1. The Labute approximate surface area is 126 Å². The van der Waals surface area contributed by atoms with Gasteiger partial charge in [0.2, 0.25) is 5.91 Å². The normalized spacial score (nSPS) is 17.4. The van der Waals surface area contributed by atoms with Gasteiger partial charge in [-0.1, -0.05) is 24.8 Å². The van der Waals surface area contributed by atoms with Gasteiger partial charge in [-0.05, 0) is 29.8 Å². The molecule has 0 bridgehead atoms. The number of likely N-dealkylation sites (tertiary alicyclic amines) is 1. The molecule has 3 nitrogen and oxygen atoms in total. The molecule has 0 saturated carbocycles. The summed E-state index contributed by atoms with van der Waals surface area (Å²) in [5.41, 5.74) is -0.642. The number of carbonyl (C=O) groups is 1. The molecule has 0 spiro atoms. The van der Waals surface area contributed by atoms with E-state index < -0.39 is 17.3 Å². The zero-order chi connectivity index (χ0) is 16.4. The van der Waals surface area contributed by atoms with E-state index in [1.54, 1.807) is 17.1 Å². The van der Waals surface area contributed by atoms with Crippen LogP contribution in [0.1, 0.15) is 11.1 Å². The molecule has 1 heterocycles. The Morgan fingerprint density at radius 2 is 1.91 bits per heavy atom. The highest BCUT2D eigenvalue weighted by Crippen LogP contribution is 2.30. The van der Waals surface area contributed by atoms with Crippen molar-refractivity contribution in [2.45, 2.75) is 11.8 Å². The molecule has 1 aromatic rings. The minimum absolute atomic E-state index is 0.171. The molecule has 1 amide bonds. The number of hydrogen-bond acceptors (Lipinski definition) is 2. The number of benzene rings is 1. The first kappa shape index (κ1) is 16.3. The molecule has 0 atom stereocenters. The first-order valence-electron chi connectivity index (χ1n) is 6.63. The number of halogens is 3. The van der Waals surface area contributed by atoms with Gasteiger partial charge in [-0.15, -0.1) is 0 Å². The van der Waals surface area contributed by atoms with E-state index in [1.807, 2.05) is 0 Å². The second-order valence-electron chi connectivity index (χ2n) is 5.12. The Morgan fingerprint density at radius 3 is 2.36 bits per heavy atom. The largest absolute Gasteiger partial charge is 0.416 e. The van der Waals surface area contributed by atoms with E-state index in [-0.39, 0.29) is 5.91 Å². The van der Waals surface area contributed by atoms with E-state index in [0.717, 1.165) is 12.1 Å². The van der Waals surface area contributed by atoms with Crippen LogP contribution in [-0.4, -0.2) is 36.6 Å². The van der Waals surface area contributed by atoms with Crippen molar-refractivity contribution in [3.63, 3.8) is 0 Å². The molecule has 1 aliphatic heterocycles. The van der Waals surface area contributed by atoms with E-state index in [0.29, 0.717) is 18.7 Å². The van der Waals surface area contributed by atoms with Crippen LogP contribution in [0.15, 0.2) is 43.0 Å². The molecular weight excluding hydrogens is 295 g/mol. The van der Waals surface area contributed by atoms with Crippen molar-refractivity contribution in [3.05, 3.63) is 54.1 Å². The SMILES string of the molecule is C=CC(=O)N1CC(C=Cc2ccc(C(F)(F)F)cc2)(OC)C1. The lowest BCUT2D eigenvalue weighted by Crippen LogP contribution is -2.63. The standard InChI is InChI=1S/C16H16F3NO2/c1-3-14(21)20-10-15(11-20,22-2)9-8-12-4-6-13(7-5-12)16(17,18)19/h3-9H,1,10-11H2,2H3. The second kappa shape index (κ2) is 5.96. The van der Waals surface area contributed by atoms with Gasteiger partial charge in [-0.25, -0.2) is 0 Å². The third kappa shape index (κ3) is 3.39. The van der Waals surface area contributed by atoms with Crippen LogP contribution in [0.3, 0.4) is 0 Å². The summed E-state index contributed by atoms with van der Waals surface area (Å²) in [7, 11) is 1.53. The summed E-state index contributed by atoms with van der Waals surface area (Å²) >= 11 is 0. The van der Waals surface area contributed by atoms with E-state index in [4.69, 9.17) is 4.74 Å². The van der Waals surface area contributed by atoms with Gasteiger partial charge in [0, 0.05) is 7.11 Å². The first-order valence-corrected chi connectivity index (χ1v) is 6.63. The fourth-order valence-corrected chi connectivity index (χ4v) is 2.22. The lowest BCUT2D eigenvalue weighted by atomic mass is 9.92. The molecular formula is C16H16F3NO2. The molecule has 0 aliphatic carbocycles. The molecule has 0 unspecified atom stereocenters. The summed E-state index contributed by atoms with van der Waals surface area (Å²) in [4.78, 5) is 13.0. The summed E-state index contributed by atoms with van der Waals surface area (Å²) in [6.07, 6.45) is 0.358. The van der Waals surface area contributed by atoms with E-state index in [1.165, 1.54) is 25.3 Å². The molecule has 1 saturated heterocycles. The number of methoxy groups -OCH3 is 1. The summed E-state index contributed by atoms with van der Waals surface area (Å²) in [6, 6.07) is 4.86. The number of amides is 1. The van der Waals surface area contributed by atoms with Gasteiger partial charge in [0.25, 0.3) is 0 Å². The van der Waals surface area contributed by atoms with Crippen molar-refractivity contribution < 1.29 is 22.7 Å². The van der Waals surface area contributed by atoms with Crippen LogP contribution in [0.2, 0.25) is 0 Å². The summed E-state index contributed by atoms with van der Waals surface area (Å²) in [6.45, 7) is 4.21. The van der Waals surface area contributed by atoms with Gasteiger partial charge in [-0.3, -0.25) is 4.79 Å². The van der Waals surface area contributed by atoms with Crippen LogP contribution in [0.5, 0.6) is 0 Å². The third-order valence-corrected chi connectivity index (χ3v) is 3.63. The Bertz CT molecular complexity index is 584. The van der Waals surface area contributed by atoms with E-state index in [9.17, 15) is 18.0 Å². The Morgan fingerprint density at radius 1 is 1.32 bits per heavy atom. The predicted molar refractivity (Wildman–Crippen MR) is 77.0 cm³/mol. The van der Waals surface area contributed by atoms with Crippen molar-refractivity contribution in [1.29, 1.82) is 0 Å². The van der Waals surface area contributed by atoms with Gasteiger partial charge in [-0.2, -0.15) is 13.2 Å². The average molecular weight is 311 g/mol. The Kier molecular flexibility index (Phi) is 4.42. The number of ether oxygens (including phenoxy) is 1. The fourth-order valence-electron chi connectivity index (χ4n) is 2.22. The molecule has 118 valence electrons. The number of carbonyl (C=O) groups excluding carboxylic acids is 1. The summed E-state index contributed by atoms with van der Waals surface area (Å²) in [5.74, 6) is -0.171. The first-order chi connectivity index (χ1) is 10.3. The maximum Gasteiger partial charge on any atom is 0.416 e. The van der Waals surface area contributed by atoms with Crippen LogP contribution in [0.4, 0.5) is 13.2 Å². The van der Waals surface area contributed by atoms with Gasteiger partial charge in [0.05, 0.1) is 18.7 Å².